The molecular formula is C14H16N2O3. The third kappa shape index (κ3) is 2.59. The highest BCUT2D eigenvalue weighted by molar-refractivity contribution is 5.67. The fourth-order valence-electron chi connectivity index (χ4n) is 1.95. The van der Waals surface area contributed by atoms with Gasteiger partial charge in [0.2, 0.25) is 5.88 Å². The molecule has 0 saturated heterocycles. The molecule has 0 spiro atoms. The number of aromatic hydroxyl groups is 1. The fraction of sp³-hybridized carbons (Fsp3) is 0.286. The van der Waals surface area contributed by atoms with Crippen LogP contribution in [0.4, 0.5) is 0 Å². The largest absolute Gasteiger partial charge is 0.494 e. The predicted molar refractivity (Wildman–Crippen MR) is 73.3 cm³/mol. The normalized spacial score (nSPS) is 10.6. The van der Waals surface area contributed by atoms with E-state index in [0.717, 1.165) is 12.8 Å². The van der Waals surface area contributed by atoms with Gasteiger partial charge in [0.05, 0.1) is 0 Å². The van der Waals surface area contributed by atoms with Crippen LogP contribution in [-0.2, 0) is 6.54 Å². The fourth-order valence-corrected chi connectivity index (χ4v) is 1.95. The zero-order chi connectivity index (χ0) is 13.8. The molecule has 0 aliphatic rings. The number of nitrogens with zero attached hydrogens (tertiary/aromatic N) is 1. The Labute approximate surface area is 110 Å². The van der Waals surface area contributed by atoms with E-state index in [9.17, 15) is 14.7 Å². The van der Waals surface area contributed by atoms with E-state index in [0.29, 0.717) is 12.1 Å². The minimum Gasteiger partial charge on any atom is -0.494 e. The van der Waals surface area contributed by atoms with E-state index in [1.807, 2.05) is 13.0 Å². The van der Waals surface area contributed by atoms with E-state index < -0.39 is 11.2 Å². The lowest BCUT2D eigenvalue weighted by atomic mass is 10.1. The average Bonchev–Trinajstić information content (AvgIpc) is 2.39. The van der Waals surface area contributed by atoms with E-state index in [2.05, 4.69) is 4.98 Å². The Kier molecular flexibility index (Phi) is 3.85. The summed E-state index contributed by atoms with van der Waals surface area (Å²) in [7, 11) is 0. The maximum atomic E-state index is 11.9. The monoisotopic (exact) mass is 260 g/mol. The van der Waals surface area contributed by atoms with Gasteiger partial charge in [-0.2, -0.15) is 0 Å². The van der Waals surface area contributed by atoms with Crippen LogP contribution in [0.1, 0.15) is 19.8 Å². The molecule has 0 aliphatic heterocycles. The SMILES string of the molecule is CCCCn1c(O)c(-c2ccccc2)c(=O)[nH]c1=O. The Hall–Kier alpha value is -2.30. The first-order valence-corrected chi connectivity index (χ1v) is 6.26. The van der Waals surface area contributed by atoms with Crippen molar-refractivity contribution in [2.45, 2.75) is 26.3 Å². The lowest BCUT2D eigenvalue weighted by Gasteiger charge is -2.10. The van der Waals surface area contributed by atoms with Crippen LogP contribution in [0.5, 0.6) is 5.88 Å². The lowest BCUT2D eigenvalue weighted by Crippen LogP contribution is -2.31. The zero-order valence-electron chi connectivity index (χ0n) is 10.7. The van der Waals surface area contributed by atoms with Crippen molar-refractivity contribution >= 4 is 0 Å². The highest BCUT2D eigenvalue weighted by atomic mass is 16.3. The zero-order valence-corrected chi connectivity index (χ0v) is 10.7. The number of benzene rings is 1. The van der Waals surface area contributed by atoms with Crippen LogP contribution in [-0.4, -0.2) is 14.7 Å². The molecule has 0 bridgehead atoms. The smallest absolute Gasteiger partial charge is 0.331 e. The second-order valence-electron chi connectivity index (χ2n) is 4.33. The summed E-state index contributed by atoms with van der Waals surface area (Å²) in [6.45, 7) is 2.38. The van der Waals surface area contributed by atoms with Gasteiger partial charge < -0.3 is 5.11 Å². The molecule has 0 unspecified atom stereocenters. The number of rotatable bonds is 4. The Morgan fingerprint density at radius 1 is 1.21 bits per heavy atom. The van der Waals surface area contributed by atoms with Crippen molar-refractivity contribution in [3.05, 3.63) is 51.2 Å². The van der Waals surface area contributed by atoms with Crippen LogP contribution in [0.15, 0.2) is 39.9 Å². The highest BCUT2D eigenvalue weighted by Crippen LogP contribution is 2.23. The molecule has 19 heavy (non-hydrogen) atoms. The number of nitrogens with one attached hydrogen (secondary N) is 1. The summed E-state index contributed by atoms with van der Waals surface area (Å²) in [5, 5.41) is 10.2. The summed E-state index contributed by atoms with van der Waals surface area (Å²) in [5.41, 5.74) is -0.417. The Bertz CT molecular complexity index is 671. The molecule has 0 aliphatic carbocycles. The maximum Gasteiger partial charge on any atom is 0.331 e. The number of H-pyrrole nitrogens is 1. The quantitative estimate of drug-likeness (QED) is 0.878. The van der Waals surface area contributed by atoms with E-state index in [4.69, 9.17) is 0 Å². The van der Waals surface area contributed by atoms with E-state index in [1.165, 1.54) is 4.57 Å². The molecular weight excluding hydrogens is 244 g/mol. The molecule has 0 radical (unpaired) electrons. The minimum absolute atomic E-state index is 0.135. The molecule has 5 nitrogen and oxygen atoms in total. The van der Waals surface area contributed by atoms with Crippen molar-refractivity contribution in [3.8, 4) is 17.0 Å². The van der Waals surface area contributed by atoms with Crippen LogP contribution in [0.2, 0.25) is 0 Å². The summed E-state index contributed by atoms with van der Waals surface area (Å²) in [5.74, 6) is -0.270. The van der Waals surface area contributed by atoms with Gasteiger partial charge in [-0.25, -0.2) is 4.79 Å². The number of hydrogen-bond donors (Lipinski definition) is 2. The minimum atomic E-state index is -0.573. The van der Waals surface area contributed by atoms with Crippen molar-refractivity contribution in [2.24, 2.45) is 0 Å². The molecule has 100 valence electrons. The van der Waals surface area contributed by atoms with E-state index in [1.54, 1.807) is 24.3 Å². The van der Waals surface area contributed by atoms with Gasteiger partial charge in [0.15, 0.2) is 0 Å². The summed E-state index contributed by atoms with van der Waals surface area (Å²) >= 11 is 0. The third-order valence-electron chi connectivity index (χ3n) is 2.97. The summed E-state index contributed by atoms with van der Waals surface area (Å²) in [6, 6.07) is 8.81. The summed E-state index contributed by atoms with van der Waals surface area (Å²) in [6.07, 6.45) is 1.65. The first-order valence-electron chi connectivity index (χ1n) is 6.26. The van der Waals surface area contributed by atoms with Gasteiger partial charge in [0.1, 0.15) is 5.56 Å². The Balaban J connectivity index is 2.62. The maximum absolute atomic E-state index is 11.9. The lowest BCUT2D eigenvalue weighted by molar-refractivity contribution is 0.398. The van der Waals surface area contributed by atoms with Crippen molar-refractivity contribution in [3.63, 3.8) is 0 Å². The van der Waals surface area contributed by atoms with Gasteiger partial charge in [-0.3, -0.25) is 14.3 Å². The predicted octanol–water partition coefficient (Wildman–Crippen LogP) is 1.71. The van der Waals surface area contributed by atoms with Crippen molar-refractivity contribution in [1.82, 2.24) is 9.55 Å². The van der Waals surface area contributed by atoms with Crippen LogP contribution >= 0.6 is 0 Å². The molecule has 5 heteroatoms. The molecule has 1 heterocycles. The number of aromatic nitrogens is 2. The van der Waals surface area contributed by atoms with Gasteiger partial charge in [0.25, 0.3) is 5.56 Å². The first-order chi connectivity index (χ1) is 9.15. The Morgan fingerprint density at radius 2 is 1.89 bits per heavy atom. The average molecular weight is 260 g/mol. The second-order valence-corrected chi connectivity index (χ2v) is 4.33. The molecule has 2 N–H and O–H groups in total. The van der Waals surface area contributed by atoms with Gasteiger partial charge in [-0.1, -0.05) is 43.7 Å². The molecule has 0 saturated carbocycles. The highest BCUT2D eigenvalue weighted by Gasteiger charge is 2.15. The summed E-state index contributed by atoms with van der Waals surface area (Å²) in [4.78, 5) is 25.8. The van der Waals surface area contributed by atoms with Crippen LogP contribution in [0.25, 0.3) is 11.1 Å². The summed E-state index contributed by atoms with van der Waals surface area (Å²) < 4.78 is 1.20. The first kappa shape index (κ1) is 13.1. The number of aromatic amines is 1. The molecule has 2 rings (SSSR count). The van der Waals surface area contributed by atoms with Crippen molar-refractivity contribution in [1.29, 1.82) is 0 Å². The van der Waals surface area contributed by atoms with Gasteiger partial charge in [-0.15, -0.1) is 0 Å². The van der Waals surface area contributed by atoms with Crippen LogP contribution < -0.4 is 11.2 Å². The molecule has 2 aromatic rings. The van der Waals surface area contributed by atoms with Crippen molar-refractivity contribution in [2.75, 3.05) is 0 Å². The molecule has 0 atom stereocenters. The van der Waals surface area contributed by atoms with E-state index in [-0.39, 0.29) is 11.4 Å². The molecule has 1 aromatic carbocycles. The second kappa shape index (κ2) is 5.56. The van der Waals surface area contributed by atoms with Gasteiger partial charge in [0, 0.05) is 6.54 Å². The molecule has 1 aromatic heterocycles. The Morgan fingerprint density at radius 3 is 2.53 bits per heavy atom. The van der Waals surface area contributed by atoms with Gasteiger partial charge in [-0.05, 0) is 12.0 Å². The number of unbranched alkanes of at least 4 members (excludes halogenated alkanes) is 1. The molecule has 0 amide bonds. The topological polar surface area (TPSA) is 75.1 Å². The standard InChI is InChI=1S/C14H16N2O3/c1-2-3-9-16-13(18)11(12(17)15-14(16)19)10-7-5-4-6-8-10/h4-8,18H,2-3,9H2,1H3,(H,15,17,19). The molecule has 0 fully saturated rings. The van der Waals surface area contributed by atoms with E-state index >= 15 is 0 Å². The number of hydrogen-bond acceptors (Lipinski definition) is 3. The van der Waals surface area contributed by atoms with Gasteiger partial charge >= 0.3 is 5.69 Å². The third-order valence-corrected chi connectivity index (χ3v) is 2.97. The van der Waals surface area contributed by atoms with Crippen LogP contribution in [0.3, 0.4) is 0 Å². The van der Waals surface area contributed by atoms with Crippen LogP contribution in [0, 0.1) is 0 Å². The van der Waals surface area contributed by atoms with Crippen molar-refractivity contribution < 1.29 is 5.11 Å².